The lowest BCUT2D eigenvalue weighted by atomic mass is 9.73. The van der Waals surface area contributed by atoms with Crippen molar-refractivity contribution < 1.29 is 28.2 Å². The van der Waals surface area contributed by atoms with Crippen LogP contribution in [0.5, 0.6) is 0 Å². The maximum absolute atomic E-state index is 16.0. The Bertz CT molecular complexity index is 1280. The van der Waals surface area contributed by atoms with Crippen molar-refractivity contribution >= 4 is 59.3 Å². The molecule has 3 rings (SSSR count). The van der Waals surface area contributed by atoms with Crippen LogP contribution in [0.25, 0.3) is 0 Å². The van der Waals surface area contributed by atoms with Gasteiger partial charge < -0.3 is 20.5 Å². The fraction of sp³-hybridized carbons (Fsp3) is 0.400. The van der Waals surface area contributed by atoms with E-state index >= 15 is 4.39 Å². The largest absolute Gasteiger partial charge is 0.465 e. The van der Waals surface area contributed by atoms with E-state index in [1.54, 1.807) is 20.8 Å². The Morgan fingerprint density at radius 2 is 2.00 bits per heavy atom. The van der Waals surface area contributed by atoms with Gasteiger partial charge in [-0.1, -0.05) is 37.1 Å². The number of nitrogens with two attached hydrogens (primary N) is 1. The average Bonchev–Trinajstić information content (AvgIpc) is 2.87. The van der Waals surface area contributed by atoms with Gasteiger partial charge in [0.2, 0.25) is 0 Å². The van der Waals surface area contributed by atoms with Crippen molar-refractivity contribution in [3.8, 4) is 0 Å². The minimum Gasteiger partial charge on any atom is -0.465 e. The molecule has 0 saturated carbocycles. The van der Waals surface area contributed by atoms with Crippen molar-refractivity contribution in [1.82, 2.24) is 4.98 Å². The number of carbonyl (C=O) groups excluding carboxylic acids is 3. The molecular weight excluding hydrogens is 534 g/mol. The first-order valence-electron chi connectivity index (χ1n) is 11.9. The van der Waals surface area contributed by atoms with Crippen LogP contribution in [0.15, 0.2) is 35.5 Å². The molecule has 1 amide bonds. The van der Waals surface area contributed by atoms with Crippen LogP contribution in [-0.2, 0) is 19.8 Å². The molecule has 0 spiro atoms. The lowest BCUT2D eigenvalue weighted by molar-refractivity contribution is -0.147. The number of nitrogens with one attached hydrogen (secondary N) is 1. The second-order valence-corrected chi connectivity index (χ2v) is 11.1. The average molecular weight is 563 g/mol. The van der Waals surface area contributed by atoms with Crippen LogP contribution in [0.2, 0.25) is 18.2 Å². The van der Waals surface area contributed by atoms with Gasteiger partial charge in [0.1, 0.15) is 23.5 Å². The SMILES string of the molecule is CBCCOC(=O)[C@@]1(C)SC(N)=N[C@](C)(c2cc(NC(=O)c3ccc(Cl)cn3)cc(C(=O)OC)c2F)[C@@H]1C. The third-order valence-corrected chi connectivity index (χ3v) is 8.17. The van der Waals surface area contributed by atoms with Gasteiger partial charge in [0.05, 0.1) is 29.8 Å². The van der Waals surface area contributed by atoms with Crippen molar-refractivity contribution in [3.63, 3.8) is 0 Å². The van der Waals surface area contributed by atoms with Crippen LogP contribution in [0.1, 0.15) is 47.2 Å². The monoisotopic (exact) mass is 562 g/mol. The van der Waals surface area contributed by atoms with Crippen molar-refractivity contribution in [2.24, 2.45) is 16.6 Å². The predicted molar refractivity (Wildman–Crippen MR) is 148 cm³/mol. The summed E-state index contributed by atoms with van der Waals surface area (Å²) < 4.78 is 25.0. The van der Waals surface area contributed by atoms with E-state index in [4.69, 9.17) is 26.8 Å². The Kier molecular flexibility index (Phi) is 9.09. The number of nitrogens with zero attached hydrogens (tertiary/aromatic N) is 2. The Labute approximate surface area is 230 Å². The number of carbonyl (C=O) groups is 3. The third kappa shape index (κ3) is 5.81. The number of thioether (sulfide) groups is 1. The first-order chi connectivity index (χ1) is 17.9. The van der Waals surface area contributed by atoms with Gasteiger partial charge in [0.25, 0.3) is 5.91 Å². The number of rotatable bonds is 8. The van der Waals surface area contributed by atoms with Crippen molar-refractivity contribution in [2.75, 3.05) is 19.0 Å². The molecule has 2 aromatic rings. The lowest BCUT2D eigenvalue weighted by Gasteiger charge is -2.45. The number of halogens is 2. The van der Waals surface area contributed by atoms with Crippen LogP contribution >= 0.6 is 23.4 Å². The van der Waals surface area contributed by atoms with Gasteiger partial charge in [-0.3, -0.25) is 14.6 Å². The van der Waals surface area contributed by atoms with E-state index in [9.17, 15) is 14.4 Å². The minimum absolute atomic E-state index is 0.0527. The van der Waals surface area contributed by atoms with E-state index in [1.165, 1.54) is 24.4 Å². The molecule has 2 heterocycles. The number of esters is 2. The number of pyridine rings is 1. The van der Waals surface area contributed by atoms with Crippen LogP contribution < -0.4 is 11.1 Å². The zero-order valence-electron chi connectivity index (χ0n) is 21.8. The lowest BCUT2D eigenvalue weighted by Crippen LogP contribution is -2.53. The number of hydrogen-bond donors (Lipinski definition) is 2. The van der Waals surface area contributed by atoms with E-state index in [1.807, 2.05) is 6.82 Å². The number of amides is 1. The summed E-state index contributed by atoms with van der Waals surface area (Å²) in [5.41, 5.74) is 4.42. The maximum atomic E-state index is 16.0. The fourth-order valence-corrected chi connectivity index (χ4v) is 5.51. The first kappa shape index (κ1) is 29.4. The van der Waals surface area contributed by atoms with E-state index in [-0.39, 0.29) is 28.7 Å². The Morgan fingerprint density at radius 3 is 2.61 bits per heavy atom. The summed E-state index contributed by atoms with van der Waals surface area (Å²) in [5.74, 6) is -3.62. The minimum atomic E-state index is -1.42. The van der Waals surface area contributed by atoms with E-state index in [2.05, 4.69) is 15.3 Å². The number of aromatic nitrogens is 1. The molecule has 3 atom stereocenters. The number of benzene rings is 1. The summed E-state index contributed by atoms with van der Waals surface area (Å²) in [6, 6.07) is 5.45. The van der Waals surface area contributed by atoms with Gasteiger partial charge in [-0.2, -0.15) is 0 Å². The summed E-state index contributed by atoms with van der Waals surface area (Å²) in [6.45, 7) is 7.25. The molecule has 3 N–H and O–H groups in total. The standard InChI is InChI=1S/C25H29BClFN4O5S/c1-13-24(2,32-23(29)38-25(13,3)22(35)37-9-8-26-4)17-11-15(10-16(19(17)28)21(34)36-5)31-20(33)18-7-6-14(27)12-30-18/h6-7,10-13,26H,8-9H2,1-5H3,(H2,29,32)(H,31,33)/t13-,24-,25-/m0/s1. The van der Waals surface area contributed by atoms with E-state index in [0.717, 1.165) is 32.2 Å². The third-order valence-electron chi connectivity index (χ3n) is 6.71. The second kappa shape index (κ2) is 11.7. The molecule has 1 aromatic heterocycles. The van der Waals surface area contributed by atoms with E-state index < -0.39 is 45.4 Å². The molecule has 1 aliphatic rings. The predicted octanol–water partition coefficient (Wildman–Crippen LogP) is 4.03. The number of ether oxygens (including phenoxy) is 2. The molecule has 0 radical (unpaired) electrons. The summed E-state index contributed by atoms with van der Waals surface area (Å²) in [5, 5.41) is 3.03. The molecule has 1 aromatic carbocycles. The van der Waals surface area contributed by atoms with Crippen LogP contribution in [-0.4, -0.2) is 53.7 Å². The van der Waals surface area contributed by atoms with Gasteiger partial charge in [-0.05, 0) is 44.4 Å². The molecule has 38 heavy (non-hydrogen) atoms. The first-order valence-corrected chi connectivity index (χ1v) is 13.1. The molecule has 0 bridgehead atoms. The highest BCUT2D eigenvalue weighted by atomic mass is 35.5. The molecule has 0 aliphatic carbocycles. The van der Waals surface area contributed by atoms with Gasteiger partial charge >= 0.3 is 11.9 Å². The number of aliphatic imine (C=N–C) groups is 1. The number of methoxy groups -OCH3 is 1. The summed E-state index contributed by atoms with van der Waals surface area (Å²) in [6.07, 6.45) is 2.01. The van der Waals surface area contributed by atoms with Crippen molar-refractivity contribution in [3.05, 3.63) is 58.1 Å². The summed E-state index contributed by atoms with van der Waals surface area (Å²) in [4.78, 5) is 47.0. The Morgan fingerprint density at radius 1 is 1.29 bits per heavy atom. The number of hydrogen-bond acceptors (Lipinski definition) is 9. The Balaban J connectivity index is 2.11. The topological polar surface area (TPSA) is 133 Å². The van der Waals surface area contributed by atoms with Crippen LogP contribution in [0.4, 0.5) is 10.1 Å². The van der Waals surface area contributed by atoms with Crippen molar-refractivity contribution in [1.29, 1.82) is 0 Å². The second-order valence-electron chi connectivity index (χ2n) is 9.21. The molecular formula is C25H29BClFN4O5S. The summed E-state index contributed by atoms with van der Waals surface area (Å²) >= 11 is 6.89. The van der Waals surface area contributed by atoms with Gasteiger partial charge in [-0.25, -0.2) is 14.2 Å². The maximum Gasteiger partial charge on any atom is 0.340 e. The molecule has 13 heteroatoms. The normalized spacial score (nSPS) is 22.7. The highest BCUT2D eigenvalue weighted by Gasteiger charge is 2.55. The quantitative estimate of drug-likeness (QED) is 0.280. The van der Waals surface area contributed by atoms with Gasteiger partial charge in [-0.15, -0.1) is 0 Å². The highest BCUT2D eigenvalue weighted by Crippen LogP contribution is 2.51. The molecule has 1 aliphatic heterocycles. The van der Waals surface area contributed by atoms with Gasteiger partial charge in [0.15, 0.2) is 5.17 Å². The molecule has 0 unspecified atom stereocenters. The zero-order chi connectivity index (χ0) is 28.3. The van der Waals surface area contributed by atoms with Gasteiger partial charge in [0, 0.05) is 23.4 Å². The fourth-order valence-electron chi connectivity index (χ4n) is 4.18. The van der Waals surface area contributed by atoms with E-state index in [0.29, 0.717) is 11.3 Å². The molecule has 9 nitrogen and oxygen atoms in total. The molecule has 0 fully saturated rings. The number of amidine groups is 1. The van der Waals surface area contributed by atoms with Crippen molar-refractivity contribution in [2.45, 2.75) is 44.2 Å². The smallest absolute Gasteiger partial charge is 0.340 e. The zero-order valence-corrected chi connectivity index (χ0v) is 23.3. The molecule has 202 valence electrons. The Hall–Kier alpha value is -3.12. The number of anilines is 1. The summed E-state index contributed by atoms with van der Waals surface area (Å²) in [7, 11) is 1.96. The highest BCUT2D eigenvalue weighted by molar-refractivity contribution is 8.15. The van der Waals surface area contributed by atoms with Crippen LogP contribution in [0.3, 0.4) is 0 Å². The molecule has 0 saturated heterocycles. The van der Waals surface area contributed by atoms with Crippen LogP contribution in [0, 0.1) is 11.7 Å².